The van der Waals surface area contributed by atoms with E-state index in [-0.39, 0.29) is 5.82 Å². The van der Waals surface area contributed by atoms with E-state index in [4.69, 9.17) is 0 Å². The summed E-state index contributed by atoms with van der Waals surface area (Å²) in [5.41, 5.74) is 1.55. The first kappa shape index (κ1) is 11.5. The lowest BCUT2D eigenvalue weighted by atomic mass is 10.3. The second-order valence-corrected chi connectivity index (χ2v) is 4.53. The highest BCUT2D eigenvalue weighted by Crippen LogP contribution is 2.21. The van der Waals surface area contributed by atoms with Gasteiger partial charge in [0.05, 0.1) is 15.5 Å². The van der Waals surface area contributed by atoms with Crippen molar-refractivity contribution in [1.29, 1.82) is 0 Å². The van der Waals surface area contributed by atoms with Crippen molar-refractivity contribution in [2.45, 2.75) is 12.8 Å². The normalized spacial score (nSPS) is 11.2. The van der Waals surface area contributed by atoms with Crippen molar-refractivity contribution >= 4 is 27.0 Å². The molecule has 0 radical (unpaired) electrons. The number of benzene rings is 1. The molecule has 2 aromatic rings. The molecule has 0 aliphatic carbocycles. The van der Waals surface area contributed by atoms with Crippen molar-refractivity contribution in [1.82, 2.24) is 15.3 Å². The first-order valence-corrected chi connectivity index (χ1v) is 5.98. The van der Waals surface area contributed by atoms with Crippen molar-refractivity contribution in [2.75, 3.05) is 13.6 Å². The number of fused-ring (bicyclic) bond motifs is 1. The van der Waals surface area contributed by atoms with E-state index in [1.54, 1.807) is 6.07 Å². The number of hydrogen-bond donors (Lipinski definition) is 2. The van der Waals surface area contributed by atoms with Gasteiger partial charge in [-0.05, 0) is 42.0 Å². The molecule has 0 atom stereocenters. The molecule has 0 bridgehead atoms. The van der Waals surface area contributed by atoms with E-state index in [1.807, 2.05) is 7.05 Å². The molecule has 5 heteroatoms. The molecule has 16 heavy (non-hydrogen) atoms. The molecule has 0 fully saturated rings. The van der Waals surface area contributed by atoms with Gasteiger partial charge in [-0.25, -0.2) is 9.37 Å². The van der Waals surface area contributed by atoms with E-state index in [9.17, 15) is 4.39 Å². The third-order valence-corrected chi connectivity index (χ3v) is 3.02. The minimum atomic E-state index is -0.266. The fraction of sp³-hybridized carbons (Fsp3) is 0.364. The number of hydrogen-bond acceptors (Lipinski definition) is 2. The summed E-state index contributed by atoms with van der Waals surface area (Å²) >= 11 is 3.15. The predicted molar refractivity (Wildman–Crippen MR) is 66.0 cm³/mol. The lowest BCUT2D eigenvalue weighted by Gasteiger charge is -1.95. The Kier molecular flexibility index (Phi) is 3.56. The van der Waals surface area contributed by atoms with Gasteiger partial charge in [-0.2, -0.15) is 0 Å². The first-order valence-electron chi connectivity index (χ1n) is 5.19. The fourth-order valence-corrected chi connectivity index (χ4v) is 1.94. The summed E-state index contributed by atoms with van der Waals surface area (Å²) in [6.07, 6.45) is 1.88. The van der Waals surface area contributed by atoms with Crippen LogP contribution in [0.5, 0.6) is 0 Å². The van der Waals surface area contributed by atoms with Crippen LogP contribution in [-0.4, -0.2) is 23.6 Å². The number of nitrogens with one attached hydrogen (secondary N) is 2. The predicted octanol–water partition coefficient (Wildman–Crippen LogP) is 2.62. The maximum atomic E-state index is 13.3. The third-order valence-electron chi connectivity index (χ3n) is 2.41. The molecular formula is C11H13BrFN3. The summed E-state index contributed by atoms with van der Waals surface area (Å²) in [6, 6.07) is 3.16. The molecule has 0 unspecified atom stereocenters. The van der Waals surface area contributed by atoms with Crippen LogP contribution in [0.25, 0.3) is 11.0 Å². The lowest BCUT2D eigenvalue weighted by molar-refractivity contribution is 0.623. The average molecular weight is 286 g/mol. The molecule has 2 N–H and O–H groups in total. The monoisotopic (exact) mass is 285 g/mol. The Morgan fingerprint density at radius 3 is 3.06 bits per heavy atom. The third kappa shape index (κ3) is 2.41. The highest BCUT2D eigenvalue weighted by Gasteiger charge is 2.06. The largest absolute Gasteiger partial charge is 0.342 e. The van der Waals surface area contributed by atoms with E-state index in [0.29, 0.717) is 4.47 Å². The van der Waals surface area contributed by atoms with Crippen LogP contribution in [0.15, 0.2) is 16.6 Å². The lowest BCUT2D eigenvalue weighted by Crippen LogP contribution is -2.08. The van der Waals surface area contributed by atoms with Gasteiger partial charge in [-0.3, -0.25) is 0 Å². The molecule has 1 heterocycles. The Balaban J connectivity index is 2.23. The van der Waals surface area contributed by atoms with Gasteiger partial charge in [-0.1, -0.05) is 0 Å². The van der Waals surface area contributed by atoms with Gasteiger partial charge < -0.3 is 10.3 Å². The Morgan fingerprint density at radius 1 is 1.50 bits per heavy atom. The van der Waals surface area contributed by atoms with Crippen molar-refractivity contribution in [3.63, 3.8) is 0 Å². The van der Waals surface area contributed by atoms with E-state index in [2.05, 4.69) is 31.2 Å². The summed E-state index contributed by atoms with van der Waals surface area (Å²) < 4.78 is 13.7. The van der Waals surface area contributed by atoms with Crippen LogP contribution in [0.4, 0.5) is 4.39 Å². The zero-order chi connectivity index (χ0) is 11.5. The highest BCUT2D eigenvalue weighted by molar-refractivity contribution is 9.10. The van der Waals surface area contributed by atoms with Gasteiger partial charge in [-0.15, -0.1) is 0 Å². The van der Waals surface area contributed by atoms with E-state index in [0.717, 1.165) is 36.2 Å². The zero-order valence-corrected chi connectivity index (χ0v) is 10.6. The van der Waals surface area contributed by atoms with Crippen LogP contribution in [0.3, 0.4) is 0 Å². The molecule has 0 saturated carbocycles. The number of aromatic nitrogens is 2. The van der Waals surface area contributed by atoms with Crippen molar-refractivity contribution in [2.24, 2.45) is 0 Å². The standard InChI is InChI=1S/C11H13BrFN3/c1-14-4-2-3-11-15-9-5-7(12)8(13)6-10(9)16-11/h5-6,14H,2-4H2,1H3,(H,15,16). The molecule has 2 rings (SSSR count). The Labute approximate surface area is 102 Å². The fourth-order valence-electron chi connectivity index (χ4n) is 1.61. The van der Waals surface area contributed by atoms with Gasteiger partial charge >= 0.3 is 0 Å². The summed E-state index contributed by atoms with van der Waals surface area (Å²) in [4.78, 5) is 7.53. The molecular weight excluding hydrogens is 273 g/mol. The Morgan fingerprint density at radius 2 is 2.31 bits per heavy atom. The van der Waals surface area contributed by atoms with Gasteiger partial charge in [0, 0.05) is 12.5 Å². The van der Waals surface area contributed by atoms with Crippen LogP contribution in [0, 0.1) is 5.82 Å². The SMILES string of the molecule is CNCCCc1nc2cc(Br)c(F)cc2[nH]1. The number of aryl methyl sites for hydroxylation is 1. The van der Waals surface area contributed by atoms with Crippen LogP contribution in [-0.2, 0) is 6.42 Å². The molecule has 3 nitrogen and oxygen atoms in total. The zero-order valence-electron chi connectivity index (χ0n) is 8.98. The maximum absolute atomic E-state index is 13.3. The quantitative estimate of drug-likeness (QED) is 0.848. The molecule has 1 aromatic carbocycles. The minimum absolute atomic E-state index is 0.266. The van der Waals surface area contributed by atoms with Gasteiger partial charge in [0.25, 0.3) is 0 Å². The van der Waals surface area contributed by atoms with Crippen molar-refractivity contribution in [3.8, 4) is 0 Å². The van der Waals surface area contributed by atoms with Gasteiger partial charge in [0.1, 0.15) is 11.6 Å². The first-order chi connectivity index (χ1) is 7.70. The van der Waals surface area contributed by atoms with Crippen molar-refractivity contribution in [3.05, 3.63) is 28.2 Å². The van der Waals surface area contributed by atoms with Crippen LogP contribution >= 0.6 is 15.9 Å². The number of H-pyrrole nitrogens is 1. The van der Waals surface area contributed by atoms with Gasteiger partial charge in [0.2, 0.25) is 0 Å². The van der Waals surface area contributed by atoms with Crippen molar-refractivity contribution < 1.29 is 4.39 Å². The summed E-state index contributed by atoms with van der Waals surface area (Å²) in [6.45, 7) is 0.953. The van der Waals surface area contributed by atoms with E-state index in [1.165, 1.54) is 6.07 Å². The molecule has 86 valence electrons. The van der Waals surface area contributed by atoms with Gasteiger partial charge in [0.15, 0.2) is 0 Å². The summed E-state index contributed by atoms with van der Waals surface area (Å²) in [7, 11) is 1.92. The van der Waals surface area contributed by atoms with Crippen LogP contribution in [0.2, 0.25) is 0 Å². The van der Waals surface area contributed by atoms with Crippen LogP contribution < -0.4 is 5.32 Å². The van der Waals surface area contributed by atoms with E-state index >= 15 is 0 Å². The molecule has 0 spiro atoms. The molecule has 0 aliphatic rings. The van der Waals surface area contributed by atoms with E-state index < -0.39 is 0 Å². The number of imidazole rings is 1. The Hall–Kier alpha value is -0.940. The topological polar surface area (TPSA) is 40.7 Å². The molecule has 0 amide bonds. The number of rotatable bonds is 4. The second-order valence-electron chi connectivity index (χ2n) is 3.67. The molecule has 1 aromatic heterocycles. The number of halogens is 2. The molecule has 0 saturated heterocycles. The second kappa shape index (κ2) is 4.93. The summed E-state index contributed by atoms with van der Waals surface area (Å²) in [5, 5.41) is 3.08. The number of aromatic amines is 1. The summed E-state index contributed by atoms with van der Waals surface area (Å²) in [5.74, 6) is 0.640. The average Bonchev–Trinajstić information content (AvgIpc) is 2.61. The maximum Gasteiger partial charge on any atom is 0.139 e. The smallest absolute Gasteiger partial charge is 0.139 e. The highest BCUT2D eigenvalue weighted by atomic mass is 79.9. The minimum Gasteiger partial charge on any atom is -0.342 e. The van der Waals surface area contributed by atoms with Crippen LogP contribution in [0.1, 0.15) is 12.2 Å². The number of nitrogens with zero attached hydrogens (tertiary/aromatic N) is 1. The Bertz CT molecular complexity index is 456. The molecule has 0 aliphatic heterocycles.